The molecule has 1 fully saturated rings. The van der Waals surface area contributed by atoms with Crippen LogP contribution in [0.3, 0.4) is 0 Å². The fourth-order valence-electron chi connectivity index (χ4n) is 1.20. The van der Waals surface area contributed by atoms with Crippen LogP contribution in [0.5, 0.6) is 0 Å². The first-order valence-corrected chi connectivity index (χ1v) is 4.28. The lowest BCUT2D eigenvalue weighted by molar-refractivity contribution is -0.136. The van der Waals surface area contributed by atoms with E-state index in [1.807, 2.05) is 0 Å². The number of rotatable bonds is 3. The van der Waals surface area contributed by atoms with Crippen LogP contribution < -0.4 is 0 Å². The molecule has 0 bridgehead atoms. The Morgan fingerprint density at radius 1 is 1.46 bits per heavy atom. The molecule has 1 saturated carbocycles. The summed E-state index contributed by atoms with van der Waals surface area (Å²) in [5.74, 6) is -0.292. The molecule has 1 aliphatic carbocycles. The summed E-state index contributed by atoms with van der Waals surface area (Å²) >= 11 is 0. The van der Waals surface area contributed by atoms with Crippen LogP contribution in [0.15, 0.2) is 12.4 Å². The Kier molecular flexibility index (Phi) is 1.96. The average molecular weight is 178 g/mol. The Balaban J connectivity index is 2.08. The number of carboxylic acids is 1. The summed E-state index contributed by atoms with van der Waals surface area (Å²) in [5, 5.41) is 8.49. The maximum absolute atomic E-state index is 10.3. The topological polar surface area (TPSA) is 63.1 Å². The molecule has 0 saturated heterocycles. The van der Waals surface area contributed by atoms with Crippen molar-refractivity contribution >= 4 is 5.97 Å². The van der Waals surface area contributed by atoms with Gasteiger partial charge in [0.2, 0.25) is 0 Å². The lowest BCUT2D eigenvalue weighted by Crippen LogP contribution is -2.03. The minimum atomic E-state index is -0.867. The predicted molar refractivity (Wildman–Crippen MR) is 45.3 cm³/mol. The van der Waals surface area contributed by atoms with E-state index < -0.39 is 5.97 Å². The zero-order chi connectivity index (χ0) is 9.26. The molecule has 0 amide bonds. The van der Waals surface area contributed by atoms with Crippen LogP contribution in [0.1, 0.15) is 30.1 Å². The van der Waals surface area contributed by atoms with Gasteiger partial charge >= 0.3 is 5.97 Å². The first-order valence-electron chi connectivity index (χ1n) is 4.28. The smallest absolute Gasteiger partial charge is 0.309 e. The van der Waals surface area contributed by atoms with Gasteiger partial charge in [-0.25, -0.2) is 0 Å². The van der Waals surface area contributed by atoms with E-state index in [2.05, 4.69) is 9.97 Å². The van der Waals surface area contributed by atoms with Crippen molar-refractivity contribution < 1.29 is 9.90 Å². The van der Waals surface area contributed by atoms with E-state index in [1.54, 1.807) is 12.4 Å². The van der Waals surface area contributed by atoms with Gasteiger partial charge in [0, 0.05) is 18.3 Å². The summed E-state index contributed by atoms with van der Waals surface area (Å²) in [5.41, 5.74) is 1.52. The van der Waals surface area contributed by atoms with E-state index in [0.29, 0.717) is 11.6 Å². The molecule has 0 aliphatic heterocycles. The Labute approximate surface area is 75.6 Å². The molecular weight excluding hydrogens is 168 g/mol. The molecule has 68 valence electrons. The number of nitrogens with zero attached hydrogens (tertiary/aromatic N) is 2. The van der Waals surface area contributed by atoms with Crippen molar-refractivity contribution in [2.75, 3.05) is 0 Å². The van der Waals surface area contributed by atoms with E-state index in [-0.39, 0.29) is 6.42 Å². The van der Waals surface area contributed by atoms with Crippen molar-refractivity contribution in [1.82, 2.24) is 9.97 Å². The van der Waals surface area contributed by atoms with E-state index in [4.69, 9.17) is 5.11 Å². The first kappa shape index (κ1) is 8.16. The molecule has 13 heavy (non-hydrogen) atoms. The molecule has 4 heteroatoms. The van der Waals surface area contributed by atoms with Gasteiger partial charge in [0.05, 0.1) is 17.8 Å². The maximum atomic E-state index is 10.3. The van der Waals surface area contributed by atoms with Crippen molar-refractivity contribution in [3.63, 3.8) is 0 Å². The first-order chi connectivity index (χ1) is 6.25. The van der Waals surface area contributed by atoms with Gasteiger partial charge in [-0.3, -0.25) is 14.8 Å². The maximum Gasteiger partial charge on any atom is 0.309 e. The Hall–Kier alpha value is -1.45. The molecule has 0 radical (unpaired) electrons. The zero-order valence-corrected chi connectivity index (χ0v) is 7.10. The highest BCUT2D eigenvalue weighted by molar-refractivity contribution is 5.69. The second kappa shape index (κ2) is 3.12. The number of hydrogen-bond acceptors (Lipinski definition) is 3. The van der Waals surface area contributed by atoms with Crippen molar-refractivity contribution in [3.8, 4) is 0 Å². The van der Waals surface area contributed by atoms with E-state index in [9.17, 15) is 4.79 Å². The predicted octanol–water partition coefficient (Wildman–Crippen LogP) is 0.981. The van der Waals surface area contributed by atoms with Gasteiger partial charge in [-0.2, -0.15) is 0 Å². The van der Waals surface area contributed by atoms with E-state index >= 15 is 0 Å². The van der Waals surface area contributed by atoms with Gasteiger partial charge in [0.1, 0.15) is 0 Å². The fourth-order valence-corrected chi connectivity index (χ4v) is 1.20. The molecular formula is C9H10N2O2. The van der Waals surface area contributed by atoms with Crippen molar-refractivity contribution in [2.45, 2.75) is 25.2 Å². The molecule has 0 spiro atoms. The van der Waals surface area contributed by atoms with Gasteiger partial charge in [0.15, 0.2) is 0 Å². The highest BCUT2D eigenvalue weighted by Gasteiger charge is 2.25. The molecule has 0 unspecified atom stereocenters. The molecule has 1 aromatic rings. The number of carbonyl (C=O) groups is 1. The van der Waals surface area contributed by atoms with Crippen LogP contribution in [0.2, 0.25) is 0 Å². The lowest BCUT2D eigenvalue weighted by atomic mass is 10.3. The third-order valence-electron chi connectivity index (χ3n) is 2.05. The summed E-state index contributed by atoms with van der Waals surface area (Å²) in [6.07, 6.45) is 5.58. The van der Waals surface area contributed by atoms with Gasteiger partial charge in [-0.15, -0.1) is 0 Å². The lowest BCUT2D eigenvalue weighted by Gasteiger charge is -1.97. The minimum Gasteiger partial charge on any atom is -0.481 e. The summed E-state index contributed by atoms with van der Waals surface area (Å²) in [4.78, 5) is 18.5. The molecule has 2 rings (SSSR count). The fraction of sp³-hybridized carbons (Fsp3) is 0.444. The SMILES string of the molecule is O=C(O)Cc1cnc(C2CC2)cn1. The van der Waals surface area contributed by atoms with Crippen LogP contribution in [0.25, 0.3) is 0 Å². The van der Waals surface area contributed by atoms with Crippen molar-refractivity contribution in [3.05, 3.63) is 23.8 Å². The number of carboxylic acid groups (broad SMARTS) is 1. The number of hydrogen-bond donors (Lipinski definition) is 1. The molecule has 4 nitrogen and oxygen atoms in total. The van der Waals surface area contributed by atoms with E-state index in [1.165, 1.54) is 12.8 Å². The second-order valence-electron chi connectivity index (χ2n) is 3.28. The summed E-state index contributed by atoms with van der Waals surface area (Å²) < 4.78 is 0. The molecule has 0 aromatic carbocycles. The second-order valence-corrected chi connectivity index (χ2v) is 3.28. The molecule has 1 aliphatic rings. The Morgan fingerprint density at radius 2 is 2.23 bits per heavy atom. The normalized spacial score (nSPS) is 15.7. The van der Waals surface area contributed by atoms with Gasteiger partial charge in [-0.05, 0) is 12.8 Å². The number of aliphatic carboxylic acids is 1. The van der Waals surface area contributed by atoms with Crippen LogP contribution in [0.4, 0.5) is 0 Å². The average Bonchev–Trinajstić information content (AvgIpc) is 2.87. The quantitative estimate of drug-likeness (QED) is 0.749. The van der Waals surface area contributed by atoms with Gasteiger partial charge in [0.25, 0.3) is 0 Å². The largest absolute Gasteiger partial charge is 0.481 e. The summed E-state index contributed by atoms with van der Waals surface area (Å²) in [6.45, 7) is 0. The zero-order valence-electron chi connectivity index (χ0n) is 7.10. The summed E-state index contributed by atoms with van der Waals surface area (Å²) in [7, 11) is 0. The number of aromatic nitrogens is 2. The standard InChI is InChI=1S/C9H10N2O2/c12-9(13)3-7-4-11-8(5-10-7)6-1-2-6/h4-6H,1-3H2,(H,12,13). The van der Waals surface area contributed by atoms with Crippen molar-refractivity contribution in [1.29, 1.82) is 0 Å². The van der Waals surface area contributed by atoms with Gasteiger partial charge in [-0.1, -0.05) is 0 Å². The monoisotopic (exact) mass is 178 g/mol. The van der Waals surface area contributed by atoms with Crippen LogP contribution >= 0.6 is 0 Å². The molecule has 1 heterocycles. The van der Waals surface area contributed by atoms with Crippen LogP contribution in [-0.4, -0.2) is 21.0 Å². The highest BCUT2D eigenvalue weighted by atomic mass is 16.4. The van der Waals surface area contributed by atoms with Crippen LogP contribution in [0, 0.1) is 0 Å². The minimum absolute atomic E-state index is 0.0437. The Bertz CT molecular complexity index is 317. The summed E-state index contributed by atoms with van der Waals surface area (Å²) in [6, 6.07) is 0. The Morgan fingerprint density at radius 3 is 2.69 bits per heavy atom. The molecule has 1 N–H and O–H groups in total. The molecule has 0 atom stereocenters. The molecule has 1 aromatic heterocycles. The van der Waals surface area contributed by atoms with E-state index in [0.717, 1.165) is 5.69 Å². The third kappa shape index (κ3) is 2.02. The van der Waals surface area contributed by atoms with Crippen molar-refractivity contribution in [2.24, 2.45) is 0 Å². The third-order valence-corrected chi connectivity index (χ3v) is 2.05. The highest BCUT2D eigenvalue weighted by Crippen LogP contribution is 2.38. The van der Waals surface area contributed by atoms with Crippen LogP contribution in [-0.2, 0) is 11.2 Å². The van der Waals surface area contributed by atoms with Gasteiger partial charge < -0.3 is 5.11 Å².